The molecule has 0 aromatic heterocycles. The fourth-order valence-electron chi connectivity index (χ4n) is 4.12. The van der Waals surface area contributed by atoms with Crippen LogP contribution in [0.3, 0.4) is 0 Å². The number of hydrogen-bond acceptors (Lipinski definition) is 6. The number of benzene rings is 3. The topological polar surface area (TPSA) is 94.2 Å². The normalized spacial score (nSPS) is 16.2. The number of carbonyl (C=O) groups is 1. The first-order chi connectivity index (χ1) is 17.4. The van der Waals surface area contributed by atoms with Crippen LogP contribution in [0.5, 0.6) is 17.2 Å². The number of rotatable bonds is 9. The van der Waals surface area contributed by atoms with E-state index in [1.807, 2.05) is 30.3 Å². The molecule has 3 aromatic carbocycles. The van der Waals surface area contributed by atoms with Crippen LogP contribution in [0.2, 0.25) is 0 Å². The van der Waals surface area contributed by atoms with Crippen LogP contribution in [-0.4, -0.2) is 45.9 Å². The molecule has 1 aliphatic rings. The van der Waals surface area contributed by atoms with E-state index in [1.165, 1.54) is 24.6 Å². The first-order valence-corrected chi connectivity index (χ1v) is 13.1. The number of hydrogen-bond donors (Lipinski definition) is 1. The van der Waals surface area contributed by atoms with E-state index in [0.717, 1.165) is 5.56 Å². The fourth-order valence-corrected chi connectivity index (χ4v) is 5.81. The van der Waals surface area contributed by atoms with E-state index < -0.39 is 15.9 Å². The predicted octanol–water partition coefficient (Wildman–Crippen LogP) is 4.32. The molecule has 1 N–H and O–H groups in total. The number of methoxy groups -OCH3 is 2. The Labute approximate surface area is 211 Å². The van der Waals surface area contributed by atoms with Crippen molar-refractivity contribution in [2.24, 2.45) is 5.92 Å². The molecule has 1 saturated heterocycles. The van der Waals surface area contributed by atoms with Gasteiger partial charge in [0.2, 0.25) is 15.9 Å². The Morgan fingerprint density at radius 3 is 2.39 bits per heavy atom. The molecule has 1 fully saturated rings. The molecule has 1 atom stereocenters. The zero-order chi connectivity index (χ0) is 25.5. The van der Waals surface area contributed by atoms with Crippen molar-refractivity contribution in [2.45, 2.75) is 24.3 Å². The smallest absolute Gasteiger partial charge is 0.246 e. The lowest BCUT2D eigenvalue weighted by atomic mass is 9.99. The van der Waals surface area contributed by atoms with Gasteiger partial charge in [-0.25, -0.2) is 8.42 Å². The van der Waals surface area contributed by atoms with E-state index in [1.54, 1.807) is 36.4 Å². The van der Waals surface area contributed by atoms with Gasteiger partial charge in [-0.3, -0.25) is 4.79 Å². The van der Waals surface area contributed by atoms with Crippen molar-refractivity contribution in [1.29, 1.82) is 0 Å². The third kappa shape index (κ3) is 5.98. The van der Waals surface area contributed by atoms with Crippen LogP contribution in [0.1, 0.15) is 18.4 Å². The Kier molecular flexibility index (Phi) is 8.12. The zero-order valence-corrected chi connectivity index (χ0v) is 21.2. The van der Waals surface area contributed by atoms with Gasteiger partial charge in [0, 0.05) is 24.8 Å². The Bertz CT molecular complexity index is 1280. The Morgan fingerprint density at radius 2 is 1.69 bits per heavy atom. The molecule has 0 aliphatic carbocycles. The molecule has 8 nitrogen and oxygen atoms in total. The van der Waals surface area contributed by atoms with Crippen molar-refractivity contribution in [2.75, 3.05) is 32.6 Å². The quantitative estimate of drug-likeness (QED) is 0.461. The van der Waals surface area contributed by atoms with Gasteiger partial charge < -0.3 is 19.5 Å². The van der Waals surface area contributed by atoms with Gasteiger partial charge in [0.15, 0.2) is 0 Å². The van der Waals surface area contributed by atoms with Crippen molar-refractivity contribution in [1.82, 2.24) is 4.31 Å². The highest BCUT2D eigenvalue weighted by Gasteiger charge is 2.35. The molecular formula is C27H30N2O6S. The summed E-state index contributed by atoms with van der Waals surface area (Å²) in [5.41, 5.74) is 1.69. The highest BCUT2D eigenvalue weighted by Crippen LogP contribution is 2.33. The van der Waals surface area contributed by atoms with E-state index in [0.29, 0.717) is 43.2 Å². The fraction of sp³-hybridized carbons (Fsp3) is 0.296. The molecule has 0 bridgehead atoms. The first-order valence-electron chi connectivity index (χ1n) is 11.7. The number of piperidine rings is 1. The molecule has 1 amide bonds. The first kappa shape index (κ1) is 25.5. The lowest BCUT2D eigenvalue weighted by Crippen LogP contribution is -2.43. The number of nitrogens with one attached hydrogen (secondary N) is 1. The van der Waals surface area contributed by atoms with Crippen LogP contribution >= 0.6 is 0 Å². The molecule has 190 valence electrons. The SMILES string of the molecule is COc1ccc(OC)c(S(=O)(=O)N2CCC[C@@H](C(=O)Nc3ccc(OCc4ccccc4)cc3)C2)c1. The molecule has 36 heavy (non-hydrogen) atoms. The van der Waals surface area contributed by atoms with Gasteiger partial charge in [0.05, 0.1) is 20.1 Å². The van der Waals surface area contributed by atoms with E-state index in [-0.39, 0.29) is 23.1 Å². The number of ether oxygens (including phenoxy) is 3. The minimum Gasteiger partial charge on any atom is -0.497 e. The summed E-state index contributed by atoms with van der Waals surface area (Å²) in [6.07, 6.45) is 1.18. The summed E-state index contributed by atoms with van der Waals surface area (Å²) in [5.74, 6) is 0.650. The van der Waals surface area contributed by atoms with E-state index in [4.69, 9.17) is 14.2 Å². The largest absolute Gasteiger partial charge is 0.497 e. The Hall–Kier alpha value is -3.56. The Morgan fingerprint density at radius 1 is 0.972 bits per heavy atom. The molecule has 3 aromatic rings. The van der Waals surface area contributed by atoms with E-state index >= 15 is 0 Å². The summed E-state index contributed by atoms with van der Waals surface area (Å²) < 4.78 is 44.4. The second-order valence-corrected chi connectivity index (χ2v) is 10.4. The monoisotopic (exact) mass is 510 g/mol. The van der Waals surface area contributed by atoms with Crippen LogP contribution in [-0.2, 0) is 21.4 Å². The Balaban J connectivity index is 1.39. The van der Waals surface area contributed by atoms with Crippen LogP contribution < -0.4 is 19.5 Å². The van der Waals surface area contributed by atoms with Gasteiger partial charge in [0.25, 0.3) is 0 Å². The van der Waals surface area contributed by atoms with Crippen molar-refractivity contribution in [3.05, 3.63) is 78.4 Å². The van der Waals surface area contributed by atoms with Gasteiger partial charge >= 0.3 is 0 Å². The van der Waals surface area contributed by atoms with Crippen molar-refractivity contribution in [3.8, 4) is 17.2 Å². The molecule has 9 heteroatoms. The van der Waals surface area contributed by atoms with Crippen molar-refractivity contribution < 1.29 is 27.4 Å². The lowest BCUT2D eigenvalue weighted by Gasteiger charge is -2.31. The van der Waals surface area contributed by atoms with Gasteiger partial charge in [-0.15, -0.1) is 0 Å². The standard InChI is InChI=1S/C27H30N2O6S/c1-33-24-14-15-25(34-2)26(17-24)36(31,32)29-16-6-9-21(18-29)27(30)28-22-10-12-23(13-11-22)35-19-20-7-4-3-5-8-20/h3-5,7-8,10-15,17,21H,6,9,16,18-19H2,1-2H3,(H,28,30)/t21-/m1/s1. The molecule has 0 unspecified atom stereocenters. The van der Waals surface area contributed by atoms with E-state index in [9.17, 15) is 13.2 Å². The van der Waals surface area contributed by atoms with Crippen LogP contribution in [0.4, 0.5) is 5.69 Å². The second-order valence-electron chi connectivity index (χ2n) is 8.51. The summed E-state index contributed by atoms with van der Waals surface area (Å²) in [6, 6.07) is 21.7. The average molecular weight is 511 g/mol. The summed E-state index contributed by atoms with van der Waals surface area (Å²) in [5, 5.41) is 2.90. The highest BCUT2D eigenvalue weighted by atomic mass is 32.2. The summed E-state index contributed by atoms with van der Waals surface area (Å²) in [4.78, 5) is 13.0. The maximum Gasteiger partial charge on any atom is 0.246 e. The third-order valence-electron chi connectivity index (χ3n) is 6.11. The molecule has 1 heterocycles. The average Bonchev–Trinajstić information content (AvgIpc) is 2.93. The summed E-state index contributed by atoms with van der Waals surface area (Å²) >= 11 is 0. The van der Waals surface area contributed by atoms with Gasteiger partial charge in [-0.05, 0) is 54.8 Å². The molecule has 0 spiro atoms. The van der Waals surface area contributed by atoms with Crippen molar-refractivity contribution >= 4 is 21.6 Å². The van der Waals surface area contributed by atoms with Gasteiger partial charge in [-0.1, -0.05) is 30.3 Å². The second kappa shape index (κ2) is 11.5. The zero-order valence-electron chi connectivity index (χ0n) is 20.3. The maximum atomic E-state index is 13.4. The highest BCUT2D eigenvalue weighted by molar-refractivity contribution is 7.89. The third-order valence-corrected chi connectivity index (χ3v) is 8.00. The maximum absolute atomic E-state index is 13.4. The van der Waals surface area contributed by atoms with Gasteiger partial charge in [-0.2, -0.15) is 4.31 Å². The van der Waals surface area contributed by atoms with Crippen LogP contribution in [0, 0.1) is 5.92 Å². The summed E-state index contributed by atoms with van der Waals surface area (Å²) in [6.45, 7) is 0.879. The number of anilines is 1. The number of nitrogens with zero attached hydrogens (tertiary/aromatic N) is 1. The molecule has 4 rings (SSSR count). The van der Waals surface area contributed by atoms with Crippen molar-refractivity contribution in [3.63, 3.8) is 0 Å². The molecule has 0 saturated carbocycles. The number of carbonyl (C=O) groups excluding carboxylic acids is 1. The van der Waals surface area contributed by atoms with Gasteiger partial charge in [0.1, 0.15) is 28.8 Å². The number of sulfonamides is 1. The minimum absolute atomic E-state index is 0.0245. The van der Waals surface area contributed by atoms with Crippen LogP contribution in [0.25, 0.3) is 0 Å². The molecule has 0 radical (unpaired) electrons. The minimum atomic E-state index is -3.88. The molecule has 1 aliphatic heterocycles. The molecular weight excluding hydrogens is 480 g/mol. The lowest BCUT2D eigenvalue weighted by molar-refractivity contribution is -0.120. The summed E-state index contributed by atoms with van der Waals surface area (Å²) in [7, 11) is -0.984. The number of amides is 1. The van der Waals surface area contributed by atoms with E-state index in [2.05, 4.69) is 5.32 Å². The van der Waals surface area contributed by atoms with Crippen LogP contribution in [0.15, 0.2) is 77.7 Å². The predicted molar refractivity (Wildman–Crippen MR) is 137 cm³/mol.